The number of hydrogen-bond acceptors (Lipinski definition) is 6. The van der Waals surface area contributed by atoms with Crippen molar-refractivity contribution in [2.75, 3.05) is 18.5 Å². The number of halogens is 3. The SMILES string of the molecule is Cn1cc(NC(=O)c2csc(-c3cccc(Cl)c3F)n2)cn1.NC1CCCOCC1F. The molecule has 3 heterocycles. The number of carbonyl (C=O) groups is 1. The maximum Gasteiger partial charge on any atom is 0.275 e. The van der Waals surface area contributed by atoms with Gasteiger partial charge in [0, 0.05) is 36.8 Å². The number of rotatable bonds is 3. The number of nitrogens with zero attached hydrogens (tertiary/aromatic N) is 3. The lowest BCUT2D eigenvalue weighted by Gasteiger charge is -2.10. The number of carbonyl (C=O) groups excluding carboxylic acids is 1. The van der Waals surface area contributed by atoms with Crippen molar-refractivity contribution in [3.8, 4) is 10.6 Å². The van der Waals surface area contributed by atoms with Gasteiger partial charge < -0.3 is 15.8 Å². The van der Waals surface area contributed by atoms with Crippen LogP contribution < -0.4 is 11.1 Å². The molecule has 2 atom stereocenters. The summed E-state index contributed by atoms with van der Waals surface area (Å²) in [5, 5.41) is 8.62. The molecule has 3 N–H and O–H groups in total. The van der Waals surface area contributed by atoms with Gasteiger partial charge in [0.1, 0.15) is 16.9 Å². The van der Waals surface area contributed by atoms with Gasteiger partial charge in [0.2, 0.25) is 0 Å². The molecule has 11 heteroatoms. The molecule has 7 nitrogen and oxygen atoms in total. The van der Waals surface area contributed by atoms with Gasteiger partial charge in [-0.3, -0.25) is 9.48 Å². The van der Waals surface area contributed by atoms with E-state index >= 15 is 0 Å². The average molecular weight is 470 g/mol. The van der Waals surface area contributed by atoms with Gasteiger partial charge >= 0.3 is 0 Å². The van der Waals surface area contributed by atoms with E-state index in [0.29, 0.717) is 17.3 Å². The Bertz CT molecular complexity index is 1020. The molecule has 2 unspecified atom stereocenters. The minimum absolute atomic E-state index is 0.0223. The van der Waals surface area contributed by atoms with Crippen LogP contribution in [0.5, 0.6) is 0 Å². The summed E-state index contributed by atoms with van der Waals surface area (Å²) in [7, 11) is 1.75. The number of alkyl halides is 1. The van der Waals surface area contributed by atoms with Crippen molar-refractivity contribution in [1.29, 1.82) is 0 Å². The molecule has 0 bridgehead atoms. The van der Waals surface area contributed by atoms with Gasteiger partial charge in [-0.05, 0) is 25.0 Å². The van der Waals surface area contributed by atoms with Gasteiger partial charge in [-0.1, -0.05) is 17.7 Å². The second-order valence-corrected chi connectivity index (χ2v) is 8.16. The molecule has 0 spiro atoms. The number of nitrogens with two attached hydrogens (primary N) is 1. The second-order valence-electron chi connectivity index (χ2n) is 6.89. The molecule has 3 aromatic rings. The van der Waals surface area contributed by atoms with Crippen molar-refractivity contribution in [3.05, 3.63) is 52.5 Å². The van der Waals surface area contributed by atoms with Crippen molar-refractivity contribution >= 4 is 34.5 Å². The molecule has 1 aliphatic rings. The standard InChI is InChI=1S/C14H10ClFN4OS.C6H12FNO/c1-20-6-8(5-17-20)18-13(21)11-7-22-14(19-11)9-3-2-4-10(15)12(9)16;7-5-4-9-3-1-2-6(5)8/h2-7H,1H3,(H,18,21);5-6H,1-4,8H2. The lowest BCUT2D eigenvalue weighted by atomic mass is 10.1. The van der Waals surface area contributed by atoms with Crippen molar-refractivity contribution in [2.24, 2.45) is 12.8 Å². The van der Waals surface area contributed by atoms with E-state index in [9.17, 15) is 13.6 Å². The summed E-state index contributed by atoms with van der Waals surface area (Å²) in [6.07, 6.45) is 3.89. The van der Waals surface area contributed by atoms with Crippen molar-refractivity contribution in [3.63, 3.8) is 0 Å². The fourth-order valence-corrected chi connectivity index (χ4v) is 3.77. The molecule has 1 aliphatic heterocycles. The summed E-state index contributed by atoms with van der Waals surface area (Å²) >= 11 is 6.93. The molecule has 4 rings (SSSR count). The van der Waals surface area contributed by atoms with E-state index in [1.807, 2.05) is 0 Å². The number of anilines is 1. The van der Waals surface area contributed by atoms with Crippen LogP contribution in [-0.2, 0) is 11.8 Å². The van der Waals surface area contributed by atoms with E-state index < -0.39 is 12.0 Å². The third-order valence-corrected chi connectivity index (χ3v) is 5.62. The smallest absolute Gasteiger partial charge is 0.275 e. The van der Waals surface area contributed by atoms with Crippen LogP contribution in [0.1, 0.15) is 23.3 Å². The fraction of sp³-hybridized carbons (Fsp3) is 0.350. The van der Waals surface area contributed by atoms with Crippen LogP contribution in [-0.4, -0.2) is 46.1 Å². The zero-order chi connectivity index (χ0) is 22.4. The number of nitrogens with one attached hydrogen (secondary N) is 1. The Morgan fingerprint density at radius 2 is 2.26 bits per heavy atom. The first kappa shape index (κ1) is 23.3. The van der Waals surface area contributed by atoms with Gasteiger partial charge in [0.25, 0.3) is 5.91 Å². The van der Waals surface area contributed by atoms with Gasteiger partial charge in [-0.2, -0.15) is 5.10 Å². The Morgan fingerprint density at radius 1 is 1.45 bits per heavy atom. The Kier molecular flexibility index (Phi) is 8.08. The Hall–Kier alpha value is -2.40. The van der Waals surface area contributed by atoms with Crippen molar-refractivity contribution in [1.82, 2.24) is 14.8 Å². The topological polar surface area (TPSA) is 95.1 Å². The lowest BCUT2D eigenvalue weighted by molar-refractivity contribution is 0.0923. The zero-order valence-electron chi connectivity index (χ0n) is 16.7. The fourth-order valence-electron chi connectivity index (χ4n) is 2.77. The zero-order valence-corrected chi connectivity index (χ0v) is 18.3. The first-order chi connectivity index (χ1) is 14.8. The highest BCUT2D eigenvalue weighted by Crippen LogP contribution is 2.30. The van der Waals surface area contributed by atoms with E-state index in [0.717, 1.165) is 12.8 Å². The molecule has 2 aromatic heterocycles. The number of thiazole rings is 1. The largest absolute Gasteiger partial charge is 0.378 e. The van der Waals surface area contributed by atoms with E-state index in [2.05, 4.69) is 15.4 Å². The molecule has 0 saturated carbocycles. The van der Waals surface area contributed by atoms with Crippen LogP contribution in [0.25, 0.3) is 10.6 Å². The van der Waals surface area contributed by atoms with E-state index in [1.54, 1.807) is 35.4 Å². The third kappa shape index (κ3) is 6.30. The van der Waals surface area contributed by atoms with Crippen LogP contribution in [0.3, 0.4) is 0 Å². The second kappa shape index (κ2) is 10.8. The molecule has 0 aliphatic carbocycles. The predicted octanol–water partition coefficient (Wildman–Crippen LogP) is 4.05. The van der Waals surface area contributed by atoms with E-state index in [-0.39, 0.29) is 34.8 Å². The number of benzene rings is 1. The maximum atomic E-state index is 14.0. The molecule has 0 radical (unpaired) electrons. The monoisotopic (exact) mass is 469 g/mol. The number of aromatic nitrogens is 3. The van der Waals surface area contributed by atoms with Gasteiger partial charge in [0.05, 0.1) is 23.5 Å². The highest BCUT2D eigenvalue weighted by atomic mass is 35.5. The minimum Gasteiger partial charge on any atom is -0.378 e. The minimum atomic E-state index is -0.951. The number of aryl methyl sites for hydroxylation is 1. The summed E-state index contributed by atoms with van der Waals surface area (Å²) < 4.78 is 33.1. The van der Waals surface area contributed by atoms with Crippen LogP contribution in [0.4, 0.5) is 14.5 Å². The summed E-state index contributed by atoms with van der Waals surface area (Å²) in [6, 6.07) is 4.37. The van der Waals surface area contributed by atoms with Crippen LogP contribution in [0.2, 0.25) is 5.02 Å². The van der Waals surface area contributed by atoms with Gasteiger partial charge in [0.15, 0.2) is 5.82 Å². The molecule has 1 saturated heterocycles. The van der Waals surface area contributed by atoms with Crippen LogP contribution in [0.15, 0.2) is 36.0 Å². The summed E-state index contributed by atoms with van der Waals surface area (Å²) in [5.74, 6) is -0.921. The van der Waals surface area contributed by atoms with Crippen molar-refractivity contribution in [2.45, 2.75) is 25.1 Å². The normalized spacial score (nSPS) is 18.6. The molecular formula is C20H22ClF2N5O2S. The molecule has 166 valence electrons. The summed E-state index contributed by atoms with van der Waals surface area (Å²) in [4.78, 5) is 16.3. The number of amides is 1. The highest BCUT2D eigenvalue weighted by Gasteiger charge is 2.19. The number of ether oxygens (including phenoxy) is 1. The van der Waals surface area contributed by atoms with E-state index in [4.69, 9.17) is 22.1 Å². The van der Waals surface area contributed by atoms with Gasteiger partial charge in [-0.25, -0.2) is 13.8 Å². The molecule has 1 fully saturated rings. The Labute approximate surface area is 187 Å². The summed E-state index contributed by atoms with van der Waals surface area (Å²) in [6.45, 7) is 0.843. The maximum absolute atomic E-state index is 14.0. The quantitative estimate of drug-likeness (QED) is 0.603. The van der Waals surface area contributed by atoms with Crippen LogP contribution in [0, 0.1) is 5.82 Å². The first-order valence-electron chi connectivity index (χ1n) is 9.52. The highest BCUT2D eigenvalue weighted by molar-refractivity contribution is 7.13. The molecule has 1 aromatic carbocycles. The predicted molar refractivity (Wildman–Crippen MR) is 117 cm³/mol. The first-order valence-corrected chi connectivity index (χ1v) is 10.8. The average Bonchev–Trinajstić information content (AvgIpc) is 3.35. The molecular weight excluding hydrogens is 448 g/mol. The molecule has 31 heavy (non-hydrogen) atoms. The third-order valence-electron chi connectivity index (χ3n) is 4.45. The summed E-state index contributed by atoms with van der Waals surface area (Å²) in [5.41, 5.74) is 6.48. The van der Waals surface area contributed by atoms with E-state index in [1.165, 1.54) is 23.6 Å². The Balaban J connectivity index is 0.000000254. The number of hydrogen-bond donors (Lipinski definition) is 2. The Morgan fingerprint density at radius 3 is 3.00 bits per heavy atom. The van der Waals surface area contributed by atoms with Gasteiger partial charge in [-0.15, -0.1) is 11.3 Å². The van der Waals surface area contributed by atoms with Crippen LogP contribution >= 0.6 is 22.9 Å². The lowest BCUT2D eigenvalue weighted by Crippen LogP contribution is -2.32. The molecule has 1 amide bonds. The van der Waals surface area contributed by atoms with Crippen molar-refractivity contribution < 1.29 is 18.3 Å².